The van der Waals surface area contributed by atoms with Crippen molar-refractivity contribution in [3.8, 4) is 0 Å². The third-order valence-corrected chi connectivity index (χ3v) is 16.9. The molecule has 7 rings (SSSR count). The highest BCUT2D eigenvalue weighted by Crippen LogP contribution is 2.45. The Morgan fingerprint density at radius 1 is 0.868 bits per heavy atom. The number of pyridine rings is 1. The number of ether oxygens (including phenoxy) is 9. The van der Waals surface area contributed by atoms with Crippen molar-refractivity contribution in [1.29, 1.82) is 0 Å². The third kappa shape index (κ3) is 12.3. The highest BCUT2D eigenvalue weighted by atomic mass is 16.7. The molecule has 1 aromatic heterocycles. The Kier molecular flexibility index (Phi) is 19.1. The average Bonchev–Trinajstić information content (AvgIpc) is 3.66. The number of aryl methyl sites for hydroxylation is 1. The number of cyclic esters (lactones) is 1. The second-order valence-electron chi connectivity index (χ2n) is 22.6. The lowest BCUT2D eigenvalue weighted by atomic mass is 9.73. The summed E-state index contributed by atoms with van der Waals surface area (Å²) >= 11 is 0. The number of hydrogen-bond donors (Lipinski definition) is 2. The van der Waals surface area contributed by atoms with Gasteiger partial charge in [0.25, 0.3) is 0 Å². The Morgan fingerprint density at radius 3 is 2.21 bits per heavy atom. The number of methoxy groups -OCH3 is 2. The van der Waals surface area contributed by atoms with Crippen molar-refractivity contribution in [3.63, 3.8) is 0 Å². The molecule has 76 heavy (non-hydrogen) atoms. The zero-order valence-electron chi connectivity index (χ0n) is 47.1. The van der Waals surface area contributed by atoms with E-state index in [1.807, 2.05) is 96.9 Å². The van der Waals surface area contributed by atoms with Crippen molar-refractivity contribution in [1.82, 2.24) is 20.3 Å². The number of rotatable bonds is 15. The first-order valence-corrected chi connectivity index (χ1v) is 27.2. The fourth-order valence-electron chi connectivity index (χ4n) is 12.5. The number of ketones is 1. The van der Waals surface area contributed by atoms with Crippen LogP contribution in [0.15, 0.2) is 66.9 Å². The van der Waals surface area contributed by atoms with Gasteiger partial charge in [-0.1, -0.05) is 64.1 Å². The summed E-state index contributed by atoms with van der Waals surface area (Å²) in [5, 5.41) is 14.4. The lowest BCUT2D eigenvalue weighted by Gasteiger charge is -2.50. The van der Waals surface area contributed by atoms with E-state index in [0.29, 0.717) is 31.4 Å². The fraction of sp³-hybridized carbons (Fsp3) is 0.672. The number of aliphatic hydroxyl groups is 1. The fourth-order valence-corrected chi connectivity index (χ4v) is 12.5. The second-order valence-corrected chi connectivity index (χ2v) is 22.6. The van der Waals surface area contributed by atoms with Gasteiger partial charge in [0.2, 0.25) is 0 Å². The zero-order valence-corrected chi connectivity index (χ0v) is 47.1. The first kappa shape index (κ1) is 59.0. The average molecular weight is 1060 g/mol. The number of aromatic nitrogens is 1. The number of para-hydroxylation sites is 1. The normalized spacial score (nSPS) is 37.8. The third-order valence-electron chi connectivity index (χ3n) is 16.9. The van der Waals surface area contributed by atoms with E-state index in [4.69, 9.17) is 42.6 Å². The van der Waals surface area contributed by atoms with E-state index in [0.717, 1.165) is 16.5 Å². The Bertz CT molecular complexity index is 2460. The number of carbonyl (C=O) groups excluding carboxylic acids is 4. The van der Waals surface area contributed by atoms with E-state index >= 15 is 9.59 Å². The quantitative estimate of drug-likeness (QED) is 0.0862. The van der Waals surface area contributed by atoms with Crippen LogP contribution in [-0.4, -0.2) is 163 Å². The second kappa shape index (κ2) is 24.6. The van der Waals surface area contributed by atoms with Crippen molar-refractivity contribution in [2.24, 2.45) is 23.7 Å². The Labute approximate surface area is 449 Å². The van der Waals surface area contributed by atoms with Crippen LogP contribution in [0, 0.1) is 23.7 Å². The number of aliphatic hydroxyl groups excluding tert-OH is 1. The number of carbonyl (C=O) groups is 4. The minimum atomic E-state index is -1.50. The molecule has 4 saturated heterocycles. The van der Waals surface area contributed by atoms with Gasteiger partial charge in [-0.2, -0.15) is 0 Å². The molecule has 4 fully saturated rings. The van der Waals surface area contributed by atoms with Gasteiger partial charge in [-0.05, 0) is 118 Å². The number of fused-ring (bicyclic) bond motifs is 2. The van der Waals surface area contributed by atoms with Crippen LogP contribution >= 0.6 is 0 Å². The van der Waals surface area contributed by atoms with Gasteiger partial charge in [0.1, 0.15) is 29.6 Å². The van der Waals surface area contributed by atoms with Crippen molar-refractivity contribution in [2.75, 3.05) is 34.9 Å². The van der Waals surface area contributed by atoms with Crippen LogP contribution in [0.25, 0.3) is 10.9 Å². The van der Waals surface area contributed by atoms with E-state index in [1.54, 1.807) is 65.3 Å². The molecule has 0 radical (unpaired) electrons. The van der Waals surface area contributed by atoms with Gasteiger partial charge in [-0.3, -0.25) is 14.6 Å². The van der Waals surface area contributed by atoms with E-state index < -0.39 is 114 Å². The molecular formula is C58H84N4O14. The maximum atomic E-state index is 15.2. The van der Waals surface area contributed by atoms with Crippen LogP contribution in [-0.2, 0) is 58.6 Å². The molecule has 1 unspecified atom stereocenters. The molecule has 18 heteroatoms. The van der Waals surface area contributed by atoms with Gasteiger partial charge in [-0.15, -0.1) is 0 Å². The maximum Gasteiger partial charge on any atom is 0.425 e. The predicted molar refractivity (Wildman–Crippen MR) is 283 cm³/mol. The molecule has 0 saturated carbocycles. The number of Topliss-reactive ketones (excluding diaryl/α,β-unsaturated/α-hetero) is 1. The highest BCUT2D eigenvalue weighted by molar-refractivity contribution is 5.89. The minimum Gasteiger partial charge on any atom is -0.458 e. The van der Waals surface area contributed by atoms with Crippen LogP contribution in [0.1, 0.15) is 117 Å². The Hall–Kier alpha value is -4.63. The van der Waals surface area contributed by atoms with Crippen LogP contribution in [0.2, 0.25) is 0 Å². The summed E-state index contributed by atoms with van der Waals surface area (Å²) in [5.41, 5.74) is 1.77. The first-order chi connectivity index (χ1) is 36.0. The Balaban J connectivity index is 1.25. The number of hydrogen-bond acceptors (Lipinski definition) is 17. The summed E-state index contributed by atoms with van der Waals surface area (Å²) < 4.78 is 58.8. The van der Waals surface area contributed by atoms with E-state index in [-0.39, 0.29) is 37.2 Å². The van der Waals surface area contributed by atoms with Gasteiger partial charge in [0.05, 0.1) is 47.0 Å². The van der Waals surface area contributed by atoms with Gasteiger partial charge in [0.15, 0.2) is 24.3 Å². The topological polar surface area (TPSA) is 203 Å². The van der Waals surface area contributed by atoms with Gasteiger partial charge in [0, 0.05) is 62.6 Å². The van der Waals surface area contributed by atoms with E-state index in [2.05, 4.69) is 10.4 Å². The molecule has 0 bridgehead atoms. The molecule has 0 spiro atoms. The molecule has 420 valence electrons. The van der Waals surface area contributed by atoms with Crippen molar-refractivity contribution >= 4 is 34.7 Å². The van der Waals surface area contributed by atoms with Crippen molar-refractivity contribution in [2.45, 2.75) is 192 Å². The van der Waals surface area contributed by atoms with Gasteiger partial charge >= 0.3 is 18.0 Å². The monoisotopic (exact) mass is 1060 g/mol. The molecule has 5 heterocycles. The number of benzene rings is 2. The molecule has 0 aliphatic carbocycles. The summed E-state index contributed by atoms with van der Waals surface area (Å²) in [6.07, 6.45) is -4.94. The number of hydrazine groups is 1. The first-order valence-electron chi connectivity index (χ1n) is 27.2. The van der Waals surface area contributed by atoms with Crippen molar-refractivity contribution in [3.05, 3.63) is 78.0 Å². The highest BCUT2D eigenvalue weighted by Gasteiger charge is 2.61. The van der Waals surface area contributed by atoms with E-state index in [9.17, 15) is 14.7 Å². The summed E-state index contributed by atoms with van der Waals surface area (Å²) in [7, 11) is 6.86. The lowest BCUT2D eigenvalue weighted by Crippen LogP contribution is -2.62. The summed E-state index contributed by atoms with van der Waals surface area (Å²) in [4.78, 5) is 64.6. The largest absolute Gasteiger partial charge is 0.458 e. The number of nitrogens with one attached hydrogen (secondary N) is 1. The molecule has 1 amide bonds. The molecular weight excluding hydrogens is 977 g/mol. The minimum absolute atomic E-state index is 0.0732. The summed E-state index contributed by atoms with van der Waals surface area (Å²) in [6.45, 7) is 18.5. The lowest BCUT2D eigenvalue weighted by molar-refractivity contribution is -0.319. The molecule has 3 aromatic rings. The Morgan fingerprint density at radius 2 is 1.54 bits per heavy atom. The van der Waals surface area contributed by atoms with E-state index in [1.165, 1.54) is 12.1 Å². The molecule has 18 nitrogen and oxygen atoms in total. The van der Waals surface area contributed by atoms with Crippen LogP contribution < -0.4 is 5.43 Å². The number of amides is 1. The summed E-state index contributed by atoms with van der Waals surface area (Å²) in [5.74, 6) is -4.76. The standard InChI is InChI=1S/C58H84N4O14/c1-15-44-58(10)49(62(55(67)76-58)60-28-21-24-39-27-29-59-42-26-20-19-25-41(39)42)35(4)46(63)33(2)31-56(8,68-13)50(75-54-47(64)43(61(11)12)30-34(3)70-54)36(5)48(37(6)52(65)72-44)73-45-32-57(9,69-14)51(38(7)71-45)74-53(66)40-22-17-16-18-23-40/h16-20,22-23,25-27,29,33-38,43-45,47-51,54,60,64H,15,21,24,28,30-32H2,1-14H3/t33-,34-,35+,36+,37-,38+,43+,44-,45?,47-,48+,49+,50-,51+,54+,56-,57-,58-/m1/s1. The summed E-state index contributed by atoms with van der Waals surface area (Å²) in [6, 6.07) is 17.4. The van der Waals surface area contributed by atoms with Crippen LogP contribution in [0.5, 0.6) is 0 Å². The molecule has 18 atom stereocenters. The molecule has 2 N–H and O–H groups in total. The number of esters is 2. The SMILES string of the molecule is CC[C@H]1OC(=O)[C@H](C)[C@@H](OC2C[C@@](C)(OC)[C@@H](OC(=O)c3ccccc3)[C@H](C)O2)[C@H](C)[C@@H](O[C@@H]2O[C@H](C)C[C@H](N(C)C)[C@H]2O)[C@](C)(OC)C[C@@H](C)C(=O)[C@H](C)[C@@H]2N(NCCCc3ccnc4ccccc34)C(=O)O[C@@]21C. The zero-order chi connectivity index (χ0) is 55.4. The van der Waals surface area contributed by atoms with Crippen LogP contribution in [0.4, 0.5) is 4.79 Å². The van der Waals surface area contributed by atoms with Crippen molar-refractivity contribution < 1.29 is 66.9 Å². The van der Waals surface area contributed by atoms with Gasteiger partial charge in [-0.25, -0.2) is 20.0 Å². The predicted octanol–water partition coefficient (Wildman–Crippen LogP) is 7.46. The number of likely N-dealkylation sites (N-methyl/N-ethyl adjacent to an activating group) is 1. The maximum absolute atomic E-state index is 15.2. The molecule has 2 aromatic carbocycles. The number of nitrogens with zero attached hydrogens (tertiary/aromatic N) is 3. The van der Waals surface area contributed by atoms with Crippen LogP contribution in [0.3, 0.4) is 0 Å². The molecule has 4 aliphatic heterocycles. The molecule has 4 aliphatic rings. The smallest absolute Gasteiger partial charge is 0.425 e. The van der Waals surface area contributed by atoms with Gasteiger partial charge < -0.3 is 52.6 Å².